The highest BCUT2D eigenvalue weighted by Gasteiger charge is 2.27. The number of halogens is 1. The molecule has 0 saturated carbocycles. The summed E-state index contributed by atoms with van der Waals surface area (Å²) in [4.78, 5) is 12.2. The first kappa shape index (κ1) is 23.8. The largest absolute Gasteiger partial charge is 0.493 e. The highest BCUT2D eigenvalue weighted by molar-refractivity contribution is 7.89. The lowest BCUT2D eigenvalue weighted by Crippen LogP contribution is -2.38. The minimum Gasteiger partial charge on any atom is -0.493 e. The lowest BCUT2D eigenvalue weighted by Gasteiger charge is -2.19. The van der Waals surface area contributed by atoms with E-state index in [1.165, 1.54) is 33.4 Å². The number of carbonyl (C=O) groups is 1. The lowest BCUT2D eigenvalue weighted by molar-refractivity contribution is -0.121. The van der Waals surface area contributed by atoms with Crippen LogP contribution in [-0.2, 0) is 21.4 Å². The maximum atomic E-state index is 12.9. The van der Waals surface area contributed by atoms with Gasteiger partial charge in [0.25, 0.3) is 0 Å². The van der Waals surface area contributed by atoms with Crippen LogP contribution in [0.1, 0.15) is 12.5 Å². The van der Waals surface area contributed by atoms with E-state index in [1.54, 1.807) is 31.2 Å². The van der Waals surface area contributed by atoms with E-state index in [9.17, 15) is 13.2 Å². The van der Waals surface area contributed by atoms with Gasteiger partial charge < -0.3 is 19.5 Å². The van der Waals surface area contributed by atoms with Crippen molar-refractivity contribution in [2.45, 2.75) is 18.4 Å². The number of carbonyl (C=O) groups excluding carboxylic acids is 1. The van der Waals surface area contributed by atoms with Crippen LogP contribution in [0.4, 0.5) is 0 Å². The number of likely N-dealkylation sites (N-methyl/N-ethyl adjacent to an activating group) is 1. The van der Waals surface area contributed by atoms with Crippen LogP contribution in [0.3, 0.4) is 0 Å². The molecule has 0 atom stereocenters. The first-order chi connectivity index (χ1) is 14.2. The summed E-state index contributed by atoms with van der Waals surface area (Å²) in [7, 11) is 0.390. The minimum atomic E-state index is -3.99. The monoisotopic (exact) mass is 456 g/mol. The molecule has 0 radical (unpaired) electrons. The van der Waals surface area contributed by atoms with Gasteiger partial charge in [0.15, 0.2) is 11.5 Å². The third-order valence-corrected chi connectivity index (χ3v) is 6.26. The zero-order valence-corrected chi connectivity index (χ0v) is 18.8. The number of hydrogen-bond donors (Lipinski definition) is 1. The number of hydrogen-bond acceptors (Lipinski definition) is 6. The van der Waals surface area contributed by atoms with Gasteiger partial charge >= 0.3 is 0 Å². The third-order valence-electron chi connectivity index (χ3n) is 4.20. The summed E-state index contributed by atoms with van der Waals surface area (Å²) in [5.74, 6) is 0.828. The number of amides is 1. The standard InChI is InChI=1S/C20H25ClN2O6S/c1-5-29-17-9-7-15(21)11-19(17)30(25,26)23(2)13-20(24)22-12-14-6-8-16(27-3)18(10-14)28-4/h6-11H,5,12-13H2,1-4H3,(H,22,24). The van der Waals surface area contributed by atoms with Crippen LogP contribution in [0.15, 0.2) is 41.3 Å². The third kappa shape index (κ3) is 5.78. The van der Waals surface area contributed by atoms with Crippen LogP contribution in [-0.4, -0.2) is 53.0 Å². The quantitative estimate of drug-likeness (QED) is 0.590. The van der Waals surface area contributed by atoms with Crippen molar-refractivity contribution in [3.05, 3.63) is 47.0 Å². The molecule has 2 rings (SSSR count). The Hall–Kier alpha value is -2.49. The number of rotatable bonds is 10. The average molecular weight is 457 g/mol. The summed E-state index contributed by atoms with van der Waals surface area (Å²) >= 11 is 5.96. The Morgan fingerprint density at radius 1 is 1.07 bits per heavy atom. The summed E-state index contributed by atoms with van der Waals surface area (Å²) < 4.78 is 42.6. The first-order valence-corrected chi connectivity index (χ1v) is 10.9. The molecule has 0 spiro atoms. The van der Waals surface area contributed by atoms with E-state index in [1.807, 2.05) is 0 Å². The maximum absolute atomic E-state index is 12.9. The number of ether oxygens (including phenoxy) is 3. The zero-order chi connectivity index (χ0) is 22.3. The fourth-order valence-electron chi connectivity index (χ4n) is 2.66. The predicted octanol–water partition coefficient (Wildman–Crippen LogP) is 2.69. The molecular formula is C20H25ClN2O6S. The zero-order valence-electron chi connectivity index (χ0n) is 17.3. The first-order valence-electron chi connectivity index (χ1n) is 9.09. The Morgan fingerprint density at radius 2 is 1.73 bits per heavy atom. The van der Waals surface area contributed by atoms with Gasteiger partial charge in [0, 0.05) is 18.6 Å². The molecule has 2 aromatic rings. The van der Waals surface area contributed by atoms with Crippen molar-refractivity contribution in [1.29, 1.82) is 0 Å². The Balaban J connectivity index is 2.07. The Kier molecular flexibility index (Phi) is 8.33. The van der Waals surface area contributed by atoms with E-state index in [0.717, 1.165) is 9.87 Å². The van der Waals surface area contributed by atoms with Gasteiger partial charge in [0.1, 0.15) is 10.6 Å². The average Bonchev–Trinajstić information content (AvgIpc) is 2.73. The maximum Gasteiger partial charge on any atom is 0.247 e. The van der Waals surface area contributed by atoms with Crippen LogP contribution < -0.4 is 19.5 Å². The molecule has 0 heterocycles. The van der Waals surface area contributed by atoms with Gasteiger partial charge in [-0.15, -0.1) is 0 Å². The van der Waals surface area contributed by atoms with Crippen molar-refractivity contribution in [3.63, 3.8) is 0 Å². The number of benzene rings is 2. The van der Waals surface area contributed by atoms with Crippen molar-refractivity contribution < 1.29 is 27.4 Å². The van der Waals surface area contributed by atoms with Gasteiger partial charge in [0.2, 0.25) is 15.9 Å². The SMILES string of the molecule is CCOc1ccc(Cl)cc1S(=O)(=O)N(C)CC(=O)NCc1ccc(OC)c(OC)c1. The molecular weight excluding hydrogens is 432 g/mol. The summed E-state index contributed by atoms with van der Waals surface area (Å²) in [5, 5.41) is 2.95. The van der Waals surface area contributed by atoms with E-state index < -0.39 is 15.9 Å². The Labute approximate surface area is 181 Å². The lowest BCUT2D eigenvalue weighted by atomic mass is 10.2. The summed E-state index contributed by atoms with van der Waals surface area (Å²) in [6, 6.07) is 9.58. The fourth-order valence-corrected chi connectivity index (χ4v) is 4.18. The van der Waals surface area contributed by atoms with Gasteiger partial charge in [-0.1, -0.05) is 17.7 Å². The second-order valence-electron chi connectivity index (χ2n) is 6.25. The second kappa shape index (κ2) is 10.5. The molecule has 0 aromatic heterocycles. The van der Waals surface area contributed by atoms with Crippen molar-refractivity contribution >= 4 is 27.5 Å². The molecule has 10 heteroatoms. The molecule has 0 saturated heterocycles. The number of methoxy groups -OCH3 is 2. The molecule has 0 unspecified atom stereocenters. The molecule has 2 aromatic carbocycles. The van der Waals surface area contributed by atoms with Crippen LogP contribution in [0.2, 0.25) is 5.02 Å². The summed E-state index contributed by atoms with van der Waals surface area (Å²) in [6.07, 6.45) is 0. The predicted molar refractivity (Wildman–Crippen MR) is 114 cm³/mol. The van der Waals surface area contributed by atoms with E-state index in [0.29, 0.717) is 18.1 Å². The topological polar surface area (TPSA) is 94.2 Å². The number of nitrogens with one attached hydrogen (secondary N) is 1. The molecule has 0 bridgehead atoms. The molecule has 0 aliphatic heterocycles. The van der Waals surface area contributed by atoms with Crippen LogP contribution in [0.5, 0.6) is 17.2 Å². The Morgan fingerprint density at radius 3 is 2.37 bits per heavy atom. The molecule has 1 N–H and O–H groups in total. The molecule has 0 aliphatic rings. The van der Waals surface area contributed by atoms with Crippen LogP contribution in [0.25, 0.3) is 0 Å². The van der Waals surface area contributed by atoms with Crippen molar-refractivity contribution in [1.82, 2.24) is 9.62 Å². The van der Waals surface area contributed by atoms with E-state index >= 15 is 0 Å². The van der Waals surface area contributed by atoms with Gasteiger partial charge in [-0.3, -0.25) is 4.79 Å². The Bertz CT molecular complexity index is 997. The number of sulfonamides is 1. The molecule has 164 valence electrons. The molecule has 8 nitrogen and oxygen atoms in total. The van der Waals surface area contributed by atoms with Gasteiger partial charge in [0.05, 0.1) is 27.4 Å². The van der Waals surface area contributed by atoms with Crippen molar-refractivity contribution in [2.24, 2.45) is 0 Å². The van der Waals surface area contributed by atoms with Gasteiger partial charge in [-0.25, -0.2) is 8.42 Å². The van der Waals surface area contributed by atoms with Gasteiger partial charge in [-0.2, -0.15) is 4.31 Å². The van der Waals surface area contributed by atoms with Crippen LogP contribution >= 0.6 is 11.6 Å². The van der Waals surface area contributed by atoms with Gasteiger partial charge in [-0.05, 0) is 42.8 Å². The second-order valence-corrected chi connectivity index (χ2v) is 8.70. The normalized spacial score (nSPS) is 11.3. The highest BCUT2D eigenvalue weighted by atomic mass is 35.5. The highest BCUT2D eigenvalue weighted by Crippen LogP contribution is 2.29. The van der Waals surface area contributed by atoms with E-state index in [-0.39, 0.29) is 28.8 Å². The van der Waals surface area contributed by atoms with Crippen molar-refractivity contribution in [2.75, 3.05) is 34.4 Å². The fraction of sp³-hybridized carbons (Fsp3) is 0.350. The van der Waals surface area contributed by atoms with E-state index in [4.69, 9.17) is 25.8 Å². The van der Waals surface area contributed by atoms with Crippen molar-refractivity contribution in [3.8, 4) is 17.2 Å². The minimum absolute atomic E-state index is 0.0907. The number of nitrogens with zero attached hydrogens (tertiary/aromatic N) is 1. The molecule has 30 heavy (non-hydrogen) atoms. The van der Waals surface area contributed by atoms with Crippen LogP contribution in [0, 0.1) is 0 Å². The van der Waals surface area contributed by atoms with E-state index in [2.05, 4.69) is 5.32 Å². The molecule has 0 aliphatic carbocycles. The summed E-state index contributed by atoms with van der Waals surface area (Å²) in [6.45, 7) is 1.87. The smallest absolute Gasteiger partial charge is 0.247 e. The summed E-state index contributed by atoms with van der Waals surface area (Å²) in [5.41, 5.74) is 0.778. The molecule has 1 amide bonds. The molecule has 0 fully saturated rings.